The van der Waals surface area contributed by atoms with Crippen molar-refractivity contribution in [2.75, 3.05) is 6.61 Å². The van der Waals surface area contributed by atoms with E-state index in [1.165, 1.54) is 0 Å². The van der Waals surface area contributed by atoms with Gasteiger partial charge in [-0.05, 0) is 12.8 Å². The average molecular weight is 390 g/mol. The van der Waals surface area contributed by atoms with Crippen LogP contribution in [0.2, 0.25) is 0 Å². The number of rotatable bonds is 12. The molecule has 0 aromatic rings. The van der Waals surface area contributed by atoms with E-state index in [2.05, 4.69) is 11.3 Å². The first kappa shape index (κ1) is 23.5. The first-order valence-electron chi connectivity index (χ1n) is 9.20. The van der Waals surface area contributed by atoms with Crippen molar-refractivity contribution in [2.45, 2.75) is 82.1 Å². The monoisotopic (exact) mass is 390 g/mol. The van der Waals surface area contributed by atoms with E-state index in [1.54, 1.807) is 0 Å². The molecular formula is C18H30O9. The number of carbonyl (C=O) groups excluding carboxylic acids is 2. The van der Waals surface area contributed by atoms with Crippen LogP contribution in [0.1, 0.15) is 51.4 Å². The molecule has 5 atom stereocenters. The number of unbranched alkanes of at least 4 members (excludes halogenated alkanes) is 5. The van der Waals surface area contributed by atoms with Crippen LogP contribution in [0.3, 0.4) is 0 Å². The zero-order valence-corrected chi connectivity index (χ0v) is 15.4. The van der Waals surface area contributed by atoms with Crippen molar-refractivity contribution in [3.8, 4) is 0 Å². The lowest BCUT2D eigenvalue weighted by Gasteiger charge is -2.37. The van der Waals surface area contributed by atoms with Crippen LogP contribution in [0.4, 0.5) is 0 Å². The SMILES string of the molecule is C=COC(=O)CCCCCCCCC(=O)OC[C@H]1OC(O)[C@H](O)[C@@H](O)[C@@H]1O. The molecule has 0 radical (unpaired) electrons. The highest BCUT2D eigenvalue weighted by Gasteiger charge is 2.43. The second-order valence-corrected chi connectivity index (χ2v) is 6.50. The van der Waals surface area contributed by atoms with E-state index >= 15 is 0 Å². The number of ether oxygens (including phenoxy) is 3. The Morgan fingerprint density at radius 1 is 0.852 bits per heavy atom. The molecule has 0 spiro atoms. The van der Waals surface area contributed by atoms with Gasteiger partial charge in [0.2, 0.25) is 0 Å². The second kappa shape index (κ2) is 12.8. The van der Waals surface area contributed by atoms with Gasteiger partial charge in [0, 0.05) is 12.8 Å². The van der Waals surface area contributed by atoms with Crippen LogP contribution < -0.4 is 0 Å². The Kier molecular flexibility index (Phi) is 11.1. The molecule has 1 unspecified atom stereocenters. The predicted octanol–water partition coefficient (Wildman–Crippen LogP) is 0.137. The highest BCUT2D eigenvalue weighted by Crippen LogP contribution is 2.20. The van der Waals surface area contributed by atoms with Gasteiger partial charge in [-0.15, -0.1) is 0 Å². The molecule has 0 bridgehead atoms. The standard InChI is InChI=1S/C18H30O9/c1-2-25-13(19)9-7-5-3-4-6-8-10-14(20)26-11-12-15(21)16(22)17(23)18(24)27-12/h2,12,15-18,21-24H,1,3-11H2/t12-,15-,16+,17-,18?/m1/s1. The molecule has 156 valence electrons. The van der Waals surface area contributed by atoms with Gasteiger partial charge in [0.25, 0.3) is 0 Å². The van der Waals surface area contributed by atoms with Crippen molar-refractivity contribution in [3.63, 3.8) is 0 Å². The van der Waals surface area contributed by atoms with Gasteiger partial charge >= 0.3 is 11.9 Å². The number of aliphatic hydroxyl groups excluding tert-OH is 4. The van der Waals surface area contributed by atoms with Crippen LogP contribution in [0, 0.1) is 0 Å². The Morgan fingerprint density at radius 2 is 1.41 bits per heavy atom. The van der Waals surface area contributed by atoms with E-state index in [0.29, 0.717) is 12.8 Å². The molecule has 1 fully saturated rings. The minimum absolute atomic E-state index is 0.211. The molecule has 1 rings (SSSR count). The molecule has 0 amide bonds. The van der Waals surface area contributed by atoms with Crippen LogP contribution in [0.5, 0.6) is 0 Å². The molecule has 1 saturated heterocycles. The number of hydrogen-bond acceptors (Lipinski definition) is 9. The summed E-state index contributed by atoms with van der Waals surface area (Å²) in [7, 11) is 0. The van der Waals surface area contributed by atoms with Crippen molar-refractivity contribution in [3.05, 3.63) is 12.8 Å². The van der Waals surface area contributed by atoms with Gasteiger partial charge in [-0.25, -0.2) is 0 Å². The first-order chi connectivity index (χ1) is 12.9. The first-order valence-corrected chi connectivity index (χ1v) is 9.20. The molecule has 1 aliphatic heterocycles. The van der Waals surface area contributed by atoms with Gasteiger partial charge in [0.1, 0.15) is 31.0 Å². The second-order valence-electron chi connectivity index (χ2n) is 6.50. The normalized spacial score (nSPS) is 27.8. The lowest BCUT2D eigenvalue weighted by Crippen LogP contribution is -2.58. The molecule has 0 saturated carbocycles. The summed E-state index contributed by atoms with van der Waals surface area (Å²) < 4.78 is 14.5. The summed E-state index contributed by atoms with van der Waals surface area (Å²) in [4.78, 5) is 22.8. The number of esters is 2. The van der Waals surface area contributed by atoms with E-state index in [-0.39, 0.29) is 19.0 Å². The highest BCUT2D eigenvalue weighted by molar-refractivity contribution is 5.69. The summed E-state index contributed by atoms with van der Waals surface area (Å²) in [5, 5.41) is 38.1. The van der Waals surface area contributed by atoms with Gasteiger partial charge in [0.15, 0.2) is 6.29 Å². The third-order valence-corrected chi connectivity index (χ3v) is 4.32. The zero-order valence-electron chi connectivity index (χ0n) is 15.4. The van der Waals surface area contributed by atoms with Crippen molar-refractivity contribution in [1.82, 2.24) is 0 Å². The van der Waals surface area contributed by atoms with Crippen molar-refractivity contribution in [2.24, 2.45) is 0 Å². The van der Waals surface area contributed by atoms with Crippen LogP contribution in [-0.4, -0.2) is 69.7 Å². The minimum Gasteiger partial charge on any atom is -0.463 e. The minimum atomic E-state index is -1.65. The number of aliphatic hydroxyl groups is 4. The number of carbonyl (C=O) groups is 2. The molecule has 9 nitrogen and oxygen atoms in total. The quantitative estimate of drug-likeness (QED) is 0.208. The van der Waals surface area contributed by atoms with Crippen molar-refractivity contribution in [1.29, 1.82) is 0 Å². The Labute approximate surface area is 158 Å². The third-order valence-electron chi connectivity index (χ3n) is 4.32. The fourth-order valence-corrected chi connectivity index (χ4v) is 2.71. The lowest BCUT2D eigenvalue weighted by atomic mass is 9.99. The topological polar surface area (TPSA) is 143 Å². The zero-order chi connectivity index (χ0) is 20.2. The Bertz CT molecular complexity index is 468. The van der Waals surface area contributed by atoms with E-state index in [4.69, 9.17) is 9.47 Å². The molecule has 1 aliphatic rings. The van der Waals surface area contributed by atoms with Crippen LogP contribution in [0.25, 0.3) is 0 Å². The van der Waals surface area contributed by atoms with Crippen LogP contribution in [-0.2, 0) is 23.8 Å². The maximum atomic E-state index is 11.7. The maximum absolute atomic E-state index is 11.7. The van der Waals surface area contributed by atoms with E-state index in [9.17, 15) is 30.0 Å². The molecule has 0 aromatic carbocycles. The van der Waals surface area contributed by atoms with Crippen molar-refractivity contribution >= 4 is 11.9 Å². The Morgan fingerprint density at radius 3 is 2.00 bits per heavy atom. The summed E-state index contributed by atoms with van der Waals surface area (Å²) in [5.74, 6) is -0.748. The average Bonchev–Trinajstić information content (AvgIpc) is 2.64. The fourth-order valence-electron chi connectivity index (χ4n) is 2.71. The van der Waals surface area contributed by atoms with Crippen molar-refractivity contribution < 1.29 is 44.2 Å². The maximum Gasteiger partial charge on any atom is 0.310 e. The van der Waals surface area contributed by atoms with Crippen LogP contribution >= 0.6 is 0 Å². The summed E-state index contributed by atoms with van der Waals surface area (Å²) in [5.41, 5.74) is 0. The summed E-state index contributed by atoms with van der Waals surface area (Å²) >= 11 is 0. The Hall–Kier alpha value is -1.52. The Balaban J connectivity index is 2.04. The highest BCUT2D eigenvalue weighted by atomic mass is 16.6. The fraction of sp³-hybridized carbons (Fsp3) is 0.778. The van der Waals surface area contributed by atoms with Gasteiger partial charge in [-0.2, -0.15) is 0 Å². The molecule has 1 heterocycles. The molecule has 4 N–H and O–H groups in total. The largest absolute Gasteiger partial charge is 0.463 e. The van der Waals surface area contributed by atoms with E-state index in [0.717, 1.165) is 38.4 Å². The molecule has 0 aromatic heterocycles. The van der Waals surface area contributed by atoms with Gasteiger partial charge in [-0.3, -0.25) is 9.59 Å². The third kappa shape index (κ3) is 8.81. The van der Waals surface area contributed by atoms with E-state index < -0.39 is 36.7 Å². The molecular weight excluding hydrogens is 360 g/mol. The lowest BCUT2D eigenvalue weighted by molar-refractivity contribution is -0.287. The van der Waals surface area contributed by atoms with Crippen LogP contribution in [0.15, 0.2) is 12.8 Å². The predicted molar refractivity (Wildman–Crippen MR) is 93.1 cm³/mol. The molecule has 27 heavy (non-hydrogen) atoms. The summed E-state index contributed by atoms with van der Waals surface area (Å²) in [6.07, 6.45) is -0.646. The van der Waals surface area contributed by atoms with E-state index in [1.807, 2.05) is 0 Å². The smallest absolute Gasteiger partial charge is 0.310 e. The summed E-state index contributed by atoms with van der Waals surface area (Å²) in [6, 6.07) is 0. The van der Waals surface area contributed by atoms with Gasteiger partial charge < -0.3 is 34.6 Å². The molecule has 0 aliphatic carbocycles. The van der Waals surface area contributed by atoms with Gasteiger partial charge in [0.05, 0.1) is 6.26 Å². The number of hydrogen-bond donors (Lipinski definition) is 4. The summed E-state index contributed by atoms with van der Waals surface area (Å²) in [6.45, 7) is 3.00. The van der Waals surface area contributed by atoms with Gasteiger partial charge in [-0.1, -0.05) is 32.3 Å². The molecule has 9 heteroatoms.